The number of hydrogen-bond donors (Lipinski definition) is 0. The molecular formula is C18H12ClF3N4O2. The van der Waals surface area contributed by atoms with Crippen LogP contribution >= 0.6 is 11.6 Å². The molecule has 28 heavy (non-hydrogen) atoms. The van der Waals surface area contributed by atoms with Crippen LogP contribution in [0.1, 0.15) is 11.5 Å². The summed E-state index contributed by atoms with van der Waals surface area (Å²) in [6, 6.07) is 9.44. The van der Waals surface area contributed by atoms with Gasteiger partial charge in [0, 0.05) is 12.4 Å². The molecule has 0 aliphatic heterocycles. The Morgan fingerprint density at radius 1 is 1.11 bits per heavy atom. The average molecular weight is 409 g/mol. The molecule has 0 bridgehead atoms. The Hall–Kier alpha value is -3.07. The van der Waals surface area contributed by atoms with Crippen LogP contribution in [0.5, 0.6) is 0 Å². The molecule has 144 valence electrons. The van der Waals surface area contributed by atoms with Gasteiger partial charge in [-0.1, -0.05) is 23.7 Å². The van der Waals surface area contributed by atoms with Crippen molar-refractivity contribution in [3.05, 3.63) is 65.3 Å². The molecule has 0 N–H and O–H groups in total. The summed E-state index contributed by atoms with van der Waals surface area (Å²) in [5.41, 5.74) is 1.41. The molecule has 0 saturated carbocycles. The van der Waals surface area contributed by atoms with Crippen molar-refractivity contribution in [1.29, 1.82) is 0 Å². The standard InChI is InChI=1S/C18H12ClF3N4O2/c19-11-5-6-15-23-12(8-25(15)7-11)10-28-16(27)9-26-14-4-2-1-3-13(14)24-17(26)18(20,21)22/h1-8H,9-10H2. The van der Waals surface area contributed by atoms with Crippen LogP contribution in [-0.4, -0.2) is 24.9 Å². The van der Waals surface area contributed by atoms with E-state index in [4.69, 9.17) is 16.3 Å². The Bertz CT molecular complexity index is 1180. The number of carbonyl (C=O) groups is 1. The lowest BCUT2D eigenvalue weighted by molar-refractivity contribution is -0.151. The largest absolute Gasteiger partial charge is 0.458 e. The third-order valence-corrected chi connectivity index (χ3v) is 4.26. The van der Waals surface area contributed by atoms with Crippen LogP contribution in [0, 0.1) is 0 Å². The number of esters is 1. The highest BCUT2D eigenvalue weighted by Crippen LogP contribution is 2.31. The fourth-order valence-electron chi connectivity index (χ4n) is 2.87. The molecule has 3 aromatic heterocycles. The summed E-state index contributed by atoms with van der Waals surface area (Å²) in [4.78, 5) is 20.0. The molecule has 0 saturated heterocycles. The summed E-state index contributed by atoms with van der Waals surface area (Å²) in [6.45, 7) is -0.791. The van der Waals surface area contributed by atoms with Crippen molar-refractivity contribution in [1.82, 2.24) is 18.9 Å². The maximum Gasteiger partial charge on any atom is 0.449 e. The predicted molar refractivity (Wildman–Crippen MR) is 94.7 cm³/mol. The normalized spacial score (nSPS) is 12.0. The van der Waals surface area contributed by atoms with E-state index in [1.54, 1.807) is 41.1 Å². The van der Waals surface area contributed by atoms with Gasteiger partial charge in [0.1, 0.15) is 18.8 Å². The summed E-state index contributed by atoms with van der Waals surface area (Å²) in [5, 5.41) is 0.514. The molecule has 0 aliphatic carbocycles. The second kappa shape index (κ2) is 6.83. The van der Waals surface area contributed by atoms with Crippen molar-refractivity contribution in [3.63, 3.8) is 0 Å². The Kier molecular flexibility index (Phi) is 4.46. The minimum Gasteiger partial charge on any atom is -0.458 e. The number of imidazole rings is 2. The third-order valence-electron chi connectivity index (χ3n) is 4.04. The van der Waals surface area contributed by atoms with E-state index in [0.717, 1.165) is 4.57 Å². The molecule has 10 heteroatoms. The van der Waals surface area contributed by atoms with Gasteiger partial charge in [-0.2, -0.15) is 13.2 Å². The number of benzene rings is 1. The number of halogens is 4. The van der Waals surface area contributed by atoms with Gasteiger partial charge in [0.05, 0.1) is 21.7 Å². The average Bonchev–Trinajstić information content (AvgIpc) is 3.21. The van der Waals surface area contributed by atoms with Gasteiger partial charge in [-0.25, -0.2) is 9.97 Å². The Balaban J connectivity index is 1.53. The summed E-state index contributed by atoms with van der Waals surface area (Å²) in [7, 11) is 0. The van der Waals surface area contributed by atoms with E-state index in [1.807, 2.05) is 0 Å². The number of rotatable bonds is 4. The highest BCUT2D eigenvalue weighted by Gasteiger charge is 2.38. The van der Waals surface area contributed by atoms with Crippen LogP contribution in [0.2, 0.25) is 5.02 Å². The highest BCUT2D eigenvalue weighted by atomic mass is 35.5. The Labute approximate surface area is 161 Å². The fraction of sp³-hybridized carbons (Fsp3) is 0.167. The molecule has 0 unspecified atom stereocenters. The van der Waals surface area contributed by atoms with Crippen molar-refractivity contribution < 1.29 is 22.7 Å². The minimum absolute atomic E-state index is 0.153. The SMILES string of the molecule is O=C(Cn1c(C(F)(F)F)nc2ccccc21)OCc1cn2cc(Cl)ccc2n1. The van der Waals surface area contributed by atoms with Gasteiger partial charge in [-0.05, 0) is 24.3 Å². The van der Waals surface area contributed by atoms with Gasteiger partial charge in [-0.3, -0.25) is 4.79 Å². The summed E-state index contributed by atoms with van der Waals surface area (Å²) in [6.07, 6.45) is -1.43. The highest BCUT2D eigenvalue weighted by molar-refractivity contribution is 6.30. The van der Waals surface area contributed by atoms with Crippen LogP contribution in [0.25, 0.3) is 16.7 Å². The van der Waals surface area contributed by atoms with Gasteiger partial charge < -0.3 is 13.7 Å². The summed E-state index contributed by atoms with van der Waals surface area (Å²) >= 11 is 5.90. The lowest BCUT2D eigenvalue weighted by Crippen LogP contribution is -2.20. The molecule has 0 fully saturated rings. The number of nitrogens with zero attached hydrogens (tertiary/aromatic N) is 4. The van der Waals surface area contributed by atoms with Crippen molar-refractivity contribution in [3.8, 4) is 0 Å². The number of carbonyl (C=O) groups excluding carboxylic acids is 1. The second-order valence-electron chi connectivity index (χ2n) is 6.01. The van der Waals surface area contributed by atoms with Crippen molar-refractivity contribution >= 4 is 34.3 Å². The number of fused-ring (bicyclic) bond motifs is 2. The Morgan fingerprint density at radius 3 is 2.68 bits per heavy atom. The van der Waals surface area contributed by atoms with E-state index in [9.17, 15) is 18.0 Å². The zero-order chi connectivity index (χ0) is 19.9. The number of alkyl halides is 3. The number of para-hydroxylation sites is 2. The van der Waals surface area contributed by atoms with Crippen LogP contribution in [0.3, 0.4) is 0 Å². The van der Waals surface area contributed by atoms with E-state index in [-0.39, 0.29) is 17.6 Å². The van der Waals surface area contributed by atoms with Crippen LogP contribution in [0.4, 0.5) is 13.2 Å². The van der Waals surface area contributed by atoms with Crippen LogP contribution < -0.4 is 0 Å². The monoisotopic (exact) mass is 408 g/mol. The van der Waals surface area contributed by atoms with E-state index >= 15 is 0 Å². The zero-order valence-corrected chi connectivity index (χ0v) is 14.9. The molecule has 0 amide bonds. The van der Waals surface area contributed by atoms with Gasteiger partial charge in [-0.15, -0.1) is 0 Å². The molecule has 0 radical (unpaired) electrons. The topological polar surface area (TPSA) is 61.4 Å². The van der Waals surface area contributed by atoms with E-state index in [2.05, 4.69) is 9.97 Å². The number of pyridine rings is 1. The number of ether oxygens (including phenoxy) is 1. The summed E-state index contributed by atoms with van der Waals surface area (Å²) < 4.78 is 47.4. The first-order valence-electron chi connectivity index (χ1n) is 8.12. The van der Waals surface area contributed by atoms with Crippen molar-refractivity contribution in [2.45, 2.75) is 19.3 Å². The molecule has 4 rings (SSSR count). The molecule has 0 spiro atoms. The number of hydrogen-bond acceptors (Lipinski definition) is 4. The molecule has 0 atom stereocenters. The second-order valence-corrected chi connectivity index (χ2v) is 6.45. The molecule has 1 aromatic carbocycles. The third kappa shape index (κ3) is 3.53. The van der Waals surface area contributed by atoms with E-state index in [0.29, 0.717) is 16.4 Å². The van der Waals surface area contributed by atoms with Crippen LogP contribution in [0.15, 0.2) is 48.8 Å². The van der Waals surface area contributed by atoms with Crippen molar-refractivity contribution in [2.24, 2.45) is 0 Å². The minimum atomic E-state index is -4.69. The van der Waals surface area contributed by atoms with Gasteiger partial charge in [0.15, 0.2) is 0 Å². The first-order valence-corrected chi connectivity index (χ1v) is 8.50. The predicted octanol–water partition coefficient (Wildman–Crippen LogP) is 4.10. The molecular weight excluding hydrogens is 397 g/mol. The lowest BCUT2D eigenvalue weighted by Gasteiger charge is -2.10. The van der Waals surface area contributed by atoms with E-state index < -0.39 is 24.5 Å². The number of aromatic nitrogens is 4. The first kappa shape index (κ1) is 18.3. The summed E-state index contributed by atoms with van der Waals surface area (Å²) in [5.74, 6) is -1.98. The molecule has 6 nitrogen and oxygen atoms in total. The van der Waals surface area contributed by atoms with Gasteiger partial charge >= 0.3 is 12.1 Å². The Morgan fingerprint density at radius 2 is 1.89 bits per heavy atom. The smallest absolute Gasteiger partial charge is 0.449 e. The quantitative estimate of drug-likeness (QED) is 0.477. The molecule has 0 aliphatic rings. The van der Waals surface area contributed by atoms with Gasteiger partial charge in [0.2, 0.25) is 5.82 Å². The van der Waals surface area contributed by atoms with Crippen molar-refractivity contribution in [2.75, 3.05) is 0 Å². The molecule has 4 aromatic rings. The zero-order valence-electron chi connectivity index (χ0n) is 14.2. The maximum absolute atomic E-state index is 13.3. The fourth-order valence-corrected chi connectivity index (χ4v) is 3.04. The van der Waals surface area contributed by atoms with E-state index in [1.165, 1.54) is 12.1 Å². The first-order chi connectivity index (χ1) is 13.3. The maximum atomic E-state index is 13.3. The lowest BCUT2D eigenvalue weighted by atomic mass is 10.3. The van der Waals surface area contributed by atoms with Crippen LogP contribution in [-0.2, 0) is 28.9 Å². The van der Waals surface area contributed by atoms with Gasteiger partial charge in [0.25, 0.3) is 0 Å². The molecule has 3 heterocycles.